The van der Waals surface area contributed by atoms with Crippen LogP contribution in [-0.4, -0.2) is 26.8 Å². The molecule has 3 N–H and O–H groups in total. The zero-order valence-electron chi connectivity index (χ0n) is 10.0. The van der Waals surface area contributed by atoms with E-state index >= 15 is 0 Å². The fraction of sp³-hybridized carbons (Fsp3) is 0.636. The normalized spacial score (nSPS) is 17.2. The van der Waals surface area contributed by atoms with Crippen molar-refractivity contribution in [3.05, 3.63) is 22.4 Å². The van der Waals surface area contributed by atoms with Crippen molar-refractivity contribution in [2.45, 2.75) is 25.3 Å². The predicted octanol–water partition coefficient (Wildman–Crippen LogP) is 1.37. The molecule has 7 heteroatoms. The van der Waals surface area contributed by atoms with Crippen molar-refractivity contribution in [3.8, 4) is 0 Å². The Balaban J connectivity index is 0.00000162. The zero-order valence-corrected chi connectivity index (χ0v) is 12.5. The minimum absolute atomic E-state index is 0. The van der Waals surface area contributed by atoms with Gasteiger partial charge in [0.1, 0.15) is 0 Å². The fourth-order valence-electron chi connectivity index (χ4n) is 1.68. The molecule has 0 bridgehead atoms. The number of thiophene rings is 1. The highest BCUT2D eigenvalue weighted by Gasteiger charge is 2.29. The van der Waals surface area contributed by atoms with Gasteiger partial charge in [-0.1, -0.05) is 6.07 Å². The lowest BCUT2D eigenvalue weighted by Gasteiger charge is -2.11. The molecule has 0 aliphatic heterocycles. The Labute approximate surface area is 118 Å². The van der Waals surface area contributed by atoms with Crippen LogP contribution in [0.3, 0.4) is 0 Å². The number of hydrogen-bond acceptors (Lipinski definition) is 4. The van der Waals surface area contributed by atoms with Gasteiger partial charge in [0.05, 0.1) is 5.75 Å². The van der Waals surface area contributed by atoms with Crippen molar-refractivity contribution < 1.29 is 8.42 Å². The lowest BCUT2D eigenvalue weighted by molar-refractivity contribution is 0.547. The third-order valence-corrected chi connectivity index (χ3v) is 5.25. The predicted molar refractivity (Wildman–Crippen MR) is 77.8 cm³/mol. The molecule has 1 aliphatic carbocycles. The van der Waals surface area contributed by atoms with E-state index in [0.29, 0.717) is 18.9 Å². The van der Waals surface area contributed by atoms with Crippen LogP contribution in [0.1, 0.15) is 17.7 Å². The molecule has 0 spiro atoms. The van der Waals surface area contributed by atoms with Gasteiger partial charge in [0.15, 0.2) is 0 Å². The number of halogens is 1. The molecule has 0 radical (unpaired) electrons. The molecule has 1 heterocycles. The van der Waals surface area contributed by atoms with Crippen LogP contribution in [0.15, 0.2) is 17.5 Å². The molecule has 2 rings (SSSR count). The second kappa shape index (κ2) is 6.86. The van der Waals surface area contributed by atoms with Gasteiger partial charge in [-0.2, -0.15) is 0 Å². The topological polar surface area (TPSA) is 72.2 Å². The third-order valence-electron chi connectivity index (χ3n) is 2.96. The van der Waals surface area contributed by atoms with Crippen molar-refractivity contribution in [2.24, 2.45) is 11.7 Å². The van der Waals surface area contributed by atoms with E-state index in [4.69, 9.17) is 5.73 Å². The van der Waals surface area contributed by atoms with Gasteiger partial charge < -0.3 is 5.73 Å². The summed E-state index contributed by atoms with van der Waals surface area (Å²) >= 11 is 1.59. The van der Waals surface area contributed by atoms with Gasteiger partial charge >= 0.3 is 0 Å². The highest BCUT2D eigenvalue weighted by molar-refractivity contribution is 7.89. The maximum atomic E-state index is 11.7. The Morgan fingerprint density at radius 1 is 1.50 bits per heavy atom. The maximum Gasteiger partial charge on any atom is 0.212 e. The first-order valence-electron chi connectivity index (χ1n) is 5.82. The molecule has 0 aromatic carbocycles. The molecule has 1 aromatic heterocycles. The summed E-state index contributed by atoms with van der Waals surface area (Å²) in [6.07, 6.45) is 2.85. The van der Waals surface area contributed by atoms with E-state index in [9.17, 15) is 8.42 Å². The summed E-state index contributed by atoms with van der Waals surface area (Å²) in [5.41, 5.74) is 5.85. The van der Waals surface area contributed by atoms with Gasteiger partial charge in [0.25, 0.3) is 0 Å². The highest BCUT2D eigenvalue weighted by atomic mass is 35.5. The highest BCUT2D eigenvalue weighted by Crippen LogP contribution is 2.31. The first-order chi connectivity index (χ1) is 8.07. The monoisotopic (exact) mass is 310 g/mol. The van der Waals surface area contributed by atoms with Gasteiger partial charge in [-0.25, -0.2) is 13.1 Å². The molecule has 18 heavy (non-hydrogen) atoms. The van der Waals surface area contributed by atoms with Crippen LogP contribution in [-0.2, 0) is 16.4 Å². The van der Waals surface area contributed by atoms with E-state index in [1.54, 1.807) is 11.3 Å². The lowest BCUT2D eigenvalue weighted by atomic mass is 10.2. The summed E-state index contributed by atoms with van der Waals surface area (Å²) in [6.45, 7) is 0.372. The second-order valence-electron chi connectivity index (χ2n) is 4.50. The lowest BCUT2D eigenvalue weighted by Crippen LogP contribution is -2.39. The number of nitrogens with two attached hydrogens (primary N) is 1. The summed E-state index contributed by atoms with van der Waals surface area (Å²) in [7, 11) is -3.18. The van der Waals surface area contributed by atoms with E-state index in [2.05, 4.69) is 4.72 Å². The molecule has 4 nitrogen and oxygen atoms in total. The van der Waals surface area contributed by atoms with Gasteiger partial charge in [0.2, 0.25) is 10.0 Å². The molecule has 1 fully saturated rings. The van der Waals surface area contributed by atoms with Gasteiger partial charge in [0, 0.05) is 17.5 Å². The van der Waals surface area contributed by atoms with E-state index in [0.717, 1.165) is 17.7 Å². The van der Waals surface area contributed by atoms with Crippen molar-refractivity contribution in [1.29, 1.82) is 0 Å². The van der Waals surface area contributed by atoms with Crippen LogP contribution in [0.5, 0.6) is 0 Å². The van der Waals surface area contributed by atoms with Crippen LogP contribution >= 0.6 is 23.7 Å². The molecule has 1 unspecified atom stereocenters. The maximum absolute atomic E-state index is 11.7. The first kappa shape index (κ1) is 15.9. The van der Waals surface area contributed by atoms with Crippen molar-refractivity contribution in [1.82, 2.24) is 4.72 Å². The van der Waals surface area contributed by atoms with Gasteiger partial charge in [-0.15, -0.1) is 23.7 Å². The minimum Gasteiger partial charge on any atom is -0.326 e. The molecule has 1 saturated carbocycles. The molecule has 0 amide bonds. The Hall–Kier alpha value is -0.140. The van der Waals surface area contributed by atoms with Crippen LogP contribution in [0, 0.1) is 5.92 Å². The number of nitrogens with one attached hydrogen (secondary N) is 1. The standard InChI is InChI=1S/C11H18N2O2S2.ClH/c12-11(9-3-4-9)8-13-17(14,15)7-5-10-2-1-6-16-10;/h1-2,6,9,11,13H,3-5,7-8,12H2;1H. The Morgan fingerprint density at radius 2 is 2.22 bits per heavy atom. The third kappa shape index (κ3) is 5.24. The number of rotatable bonds is 7. The second-order valence-corrected chi connectivity index (χ2v) is 7.46. The first-order valence-corrected chi connectivity index (χ1v) is 8.35. The molecule has 0 saturated heterocycles. The summed E-state index contributed by atoms with van der Waals surface area (Å²) in [4.78, 5) is 1.10. The summed E-state index contributed by atoms with van der Waals surface area (Å²) < 4.78 is 26.0. The Morgan fingerprint density at radius 3 is 2.78 bits per heavy atom. The van der Waals surface area contributed by atoms with Crippen molar-refractivity contribution in [2.75, 3.05) is 12.3 Å². The summed E-state index contributed by atoms with van der Waals surface area (Å²) in [6, 6.07) is 3.87. The van der Waals surface area contributed by atoms with Crippen LogP contribution in [0.4, 0.5) is 0 Å². The van der Waals surface area contributed by atoms with E-state index in [1.807, 2.05) is 17.5 Å². The van der Waals surface area contributed by atoms with Gasteiger partial charge in [-0.3, -0.25) is 0 Å². The number of hydrogen-bond donors (Lipinski definition) is 2. The zero-order chi connectivity index (χ0) is 12.3. The molecule has 1 atom stereocenters. The van der Waals surface area contributed by atoms with E-state index in [-0.39, 0.29) is 24.2 Å². The average molecular weight is 311 g/mol. The Bertz CT molecular complexity index is 444. The average Bonchev–Trinajstić information content (AvgIpc) is 3.01. The smallest absolute Gasteiger partial charge is 0.212 e. The van der Waals surface area contributed by atoms with E-state index in [1.165, 1.54) is 0 Å². The molecular weight excluding hydrogens is 292 g/mol. The number of aryl methyl sites for hydroxylation is 1. The largest absolute Gasteiger partial charge is 0.326 e. The SMILES string of the molecule is Cl.NC(CNS(=O)(=O)CCc1cccs1)C1CC1. The molecule has 1 aliphatic rings. The quantitative estimate of drug-likeness (QED) is 0.799. The molecule has 104 valence electrons. The Kier molecular flexibility index (Phi) is 6.07. The summed E-state index contributed by atoms with van der Waals surface area (Å²) in [5, 5.41) is 1.96. The van der Waals surface area contributed by atoms with Crippen LogP contribution in [0.2, 0.25) is 0 Å². The van der Waals surface area contributed by atoms with Crippen molar-refractivity contribution >= 4 is 33.8 Å². The minimum atomic E-state index is -3.18. The van der Waals surface area contributed by atoms with Gasteiger partial charge in [-0.05, 0) is 36.6 Å². The van der Waals surface area contributed by atoms with Crippen molar-refractivity contribution in [3.63, 3.8) is 0 Å². The van der Waals surface area contributed by atoms with Crippen LogP contribution in [0.25, 0.3) is 0 Å². The van der Waals surface area contributed by atoms with Crippen LogP contribution < -0.4 is 10.5 Å². The number of sulfonamides is 1. The van der Waals surface area contributed by atoms with E-state index < -0.39 is 10.0 Å². The summed E-state index contributed by atoms with van der Waals surface area (Å²) in [5.74, 6) is 0.667. The molecule has 1 aromatic rings. The fourth-order valence-corrected chi connectivity index (χ4v) is 3.59. The molecular formula is C11H19ClN2O2S2.